The minimum Gasteiger partial charge on any atom is -0.477 e. The Morgan fingerprint density at radius 1 is 1.36 bits per heavy atom. The summed E-state index contributed by atoms with van der Waals surface area (Å²) < 4.78 is 6.11. The van der Waals surface area contributed by atoms with Crippen molar-refractivity contribution in [2.75, 3.05) is 27.2 Å². The van der Waals surface area contributed by atoms with Crippen molar-refractivity contribution >= 4 is 15.9 Å². The van der Waals surface area contributed by atoms with Crippen LogP contribution in [-0.2, 0) is 0 Å². The number of ether oxygens (including phenoxy) is 1. The van der Waals surface area contributed by atoms with Crippen molar-refractivity contribution in [3.05, 3.63) is 17.0 Å². The van der Waals surface area contributed by atoms with Crippen LogP contribution in [0.15, 0.2) is 17.0 Å². The Labute approximate surface area is 92.4 Å². The molecule has 1 aromatic heterocycles. The molecular formula is C9H14BrN3O. The first kappa shape index (κ1) is 11.4. The highest BCUT2D eigenvalue weighted by Crippen LogP contribution is 2.08. The molecule has 1 aromatic rings. The van der Waals surface area contributed by atoms with Gasteiger partial charge in [0.15, 0.2) is 0 Å². The Bertz CT molecular complexity index is 263. The highest BCUT2D eigenvalue weighted by atomic mass is 79.9. The van der Waals surface area contributed by atoms with Crippen LogP contribution in [0.2, 0.25) is 0 Å². The standard InChI is InChI=1S/C9H14BrN3O/c1-13(2)4-3-5-14-9-7-11-8(10)6-12-9/h6-7H,3-5H2,1-2H3. The SMILES string of the molecule is CN(C)CCCOc1cnc(Br)cn1. The molecule has 0 aliphatic heterocycles. The largest absolute Gasteiger partial charge is 0.477 e. The van der Waals surface area contributed by atoms with Gasteiger partial charge in [0.25, 0.3) is 0 Å². The van der Waals surface area contributed by atoms with E-state index < -0.39 is 0 Å². The Kier molecular flexibility index (Phi) is 4.82. The molecule has 0 amide bonds. The average Bonchev–Trinajstić information content (AvgIpc) is 2.15. The van der Waals surface area contributed by atoms with Crippen molar-refractivity contribution < 1.29 is 4.74 Å². The number of rotatable bonds is 5. The minimum absolute atomic E-state index is 0.576. The van der Waals surface area contributed by atoms with E-state index in [1.165, 1.54) is 0 Å². The maximum atomic E-state index is 5.39. The van der Waals surface area contributed by atoms with Gasteiger partial charge in [-0.15, -0.1) is 0 Å². The number of hydrogen-bond acceptors (Lipinski definition) is 4. The lowest BCUT2D eigenvalue weighted by atomic mass is 10.4. The van der Waals surface area contributed by atoms with Crippen molar-refractivity contribution in [3.8, 4) is 5.88 Å². The van der Waals surface area contributed by atoms with Gasteiger partial charge >= 0.3 is 0 Å². The molecular weight excluding hydrogens is 246 g/mol. The molecule has 0 aliphatic carbocycles. The van der Waals surface area contributed by atoms with Gasteiger partial charge in [0.2, 0.25) is 5.88 Å². The van der Waals surface area contributed by atoms with Crippen LogP contribution in [0.25, 0.3) is 0 Å². The van der Waals surface area contributed by atoms with Crippen LogP contribution in [0.5, 0.6) is 5.88 Å². The smallest absolute Gasteiger partial charge is 0.232 e. The summed E-state index contributed by atoms with van der Waals surface area (Å²) in [4.78, 5) is 10.2. The van der Waals surface area contributed by atoms with Crippen molar-refractivity contribution in [2.45, 2.75) is 6.42 Å². The zero-order valence-electron chi connectivity index (χ0n) is 8.40. The number of nitrogens with zero attached hydrogens (tertiary/aromatic N) is 3. The second-order valence-electron chi connectivity index (χ2n) is 3.18. The second-order valence-corrected chi connectivity index (χ2v) is 4.00. The van der Waals surface area contributed by atoms with Crippen LogP contribution >= 0.6 is 15.9 Å². The summed E-state index contributed by atoms with van der Waals surface area (Å²) in [5.41, 5.74) is 0. The van der Waals surface area contributed by atoms with Crippen LogP contribution in [0.1, 0.15) is 6.42 Å². The quantitative estimate of drug-likeness (QED) is 0.753. The summed E-state index contributed by atoms with van der Waals surface area (Å²) in [5, 5.41) is 0. The normalized spacial score (nSPS) is 10.6. The van der Waals surface area contributed by atoms with E-state index in [1.807, 2.05) is 14.1 Å². The van der Waals surface area contributed by atoms with E-state index in [0.29, 0.717) is 12.5 Å². The Hall–Kier alpha value is -0.680. The third-order valence-electron chi connectivity index (χ3n) is 1.60. The third kappa shape index (κ3) is 4.53. The van der Waals surface area contributed by atoms with Gasteiger partial charge in [0, 0.05) is 6.54 Å². The fraction of sp³-hybridized carbons (Fsp3) is 0.556. The predicted octanol–water partition coefficient (Wildman–Crippen LogP) is 1.57. The Morgan fingerprint density at radius 3 is 2.71 bits per heavy atom. The van der Waals surface area contributed by atoms with Crippen LogP contribution in [-0.4, -0.2) is 42.1 Å². The lowest BCUT2D eigenvalue weighted by molar-refractivity contribution is 0.272. The molecule has 78 valence electrons. The van der Waals surface area contributed by atoms with Gasteiger partial charge in [-0.25, -0.2) is 9.97 Å². The monoisotopic (exact) mass is 259 g/mol. The predicted molar refractivity (Wildman–Crippen MR) is 58.4 cm³/mol. The fourth-order valence-electron chi connectivity index (χ4n) is 0.932. The van der Waals surface area contributed by atoms with E-state index in [1.54, 1.807) is 12.4 Å². The molecule has 0 N–H and O–H groups in total. The highest BCUT2D eigenvalue weighted by Gasteiger charge is 1.96. The number of aromatic nitrogens is 2. The van der Waals surface area contributed by atoms with Gasteiger partial charge in [0.1, 0.15) is 4.60 Å². The van der Waals surface area contributed by atoms with E-state index in [2.05, 4.69) is 30.8 Å². The van der Waals surface area contributed by atoms with Crippen molar-refractivity contribution in [1.82, 2.24) is 14.9 Å². The first-order chi connectivity index (χ1) is 6.68. The molecule has 0 unspecified atom stereocenters. The molecule has 0 radical (unpaired) electrons. The van der Waals surface area contributed by atoms with Gasteiger partial charge in [-0.1, -0.05) is 0 Å². The van der Waals surface area contributed by atoms with E-state index in [0.717, 1.165) is 17.6 Å². The molecule has 5 heteroatoms. The molecule has 1 heterocycles. The van der Waals surface area contributed by atoms with Crippen molar-refractivity contribution in [2.24, 2.45) is 0 Å². The Morgan fingerprint density at radius 2 is 2.14 bits per heavy atom. The van der Waals surface area contributed by atoms with Gasteiger partial charge in [-0.05, 0) is 36.4 Å². The molecule has 14 heavy (non-hydrogen) atoms. The number of halogens is 1. The minimum atomic E-state index is 0.576. The molecule has 0 fully saturated rings. The number of hydrogen-bond donors (Lipinski definition) is 0. The van der Waals surface area contributed by atoms with Gasteiger partial charge in [0.05, 0.1) is 19.0 Å². The molecule has 1 rings (SSSR count). The summed E-state index contributed by atoms with van der Waals surface area (Å²) in [6, 6.07) is 0. The van der Waals surface area contributed by atoms with E-state index >= 15 is 0 Å². The maximum Gasteiger partial charge on any atom is 0.232 e. The average molecular weight is 260 g/mol. The van der Waals surface area contributed by atoms with Crippen molar-refractivity contribution in [1.29, 1.82) is 0 Å². The van der Waals surface area contributed by atoms with Crippen molar-refractivity contribution in [3.63, 3.8) is 0 Å². The summed E-state index contributed by atoms with van der Waals surface area (Å²) in [6.45, 7) is 1.69. The summed E-state index contributed by atoms with van der Waals surface area (Å²) >= 11 is 3.21. The van der Waals surface area contributed by atoms with E-state index in [-0.39, 0.29) is 0 Å². The molecule has 0 bridgehead atoms. The zero-order valence-corrected chi connectivity index (χ0v) is 9.99. The lowest BCUT2D eigenvalue weighted by Crippen LogP contribution is -2.15. The third-order valence-corrected chi connectivity index (χ3v) is 2.01. The first-order valence-corrected chi connectivity index (χ1v) is 5.23. The van der Waals surface area contributed by atoms with Gasteiger partial charge in [-0.2, -0.15) is 0 Å². The highest BCUT2D eigenvalue weighted by molar-refractivity contribution is 9.10. The van der Waals surface area contributed by atoms with E-state index in [9.17, 15) is 0 Å². The summed E-state index contributed by atoms with van der Waals surface area (Å²) in [6.07, 6.45) is 4.23. The second kappa shape index (κ2) is 5.93. The zero-order chi connectivity index (χ0) is 10.4. The maximum absolute atomic E-state index is 5.39. The lowest BCUT2D eigenvalue weighted by Gasteiger charge is -2.09. The first-order valence-electron chi connectivity index (χ1n) is 4.43. The molecule has 0 aliphatic rings. The fourth-order valence-corrected chi connectivity index (χ4v) is 1.14. The van der Waals surface area contributed by atoms with Gasteiger partial charge < -0.3 is 9.64 Å². The molecule has 0 atom stereocenters. The molecule has 0 aromatic carbocycles. The summed E-state index contributed by atoms with van der Waals surface area (Å²) in [5.74, 6) is 0.576. The Balaban J connectivity index is 2.21. The molecule has 4 nitrogen and oxygen atoms in total. The molecule has 0 saturated heterocycles. The van der Waals surface area contributed by atoms with Crippen LogP contribution in [0.4, 0.5) is 0 Å². The molecule has 0 spiro atoms. The van der Waals surface area contributed by atoms with E-state index in [4.69, 9.17) is 4.74 Å². The topological polar surface area (TPSA) is 38.2 Å². The van der Waals surface area contributed by atoms with Crippen LogP contribution in [0.3, 0.4) is 0 Å². The van der Waals surface area contributed by atoms with Crippen LogP contribution < -0.4 is 4.74 Å². The summed E-state index contributed by atoms with van der Waals surface area (Å²) in [7, 11) is 4.08. The molecule has 0 saturated carbocycles. The van der Waals surface area contributed by atoms with Gasteiger partial charge in [-0.3, -0.25) is 0 Å². The van der Waals surface area contributed by atoms with Crippen LogP contribution in [0, 0.1) is 0 Å².